The number of fused-ring (bicyclic) bond motifs is 1. The highest BCUT2D eigenvalue weighted by atomic mass is 19.1. The minimum absolute atomic E-state index is 0.333. The van der Waals surface area contributed by atoms with Gasteiger partial charge in [0.1, 0.15) is 13.2 Å². The van der Waals surface area contributed by atoms with Crippen LogP contribution in [0.4, 0.5) is 4.39 Å². The zero-order valence-corrected chi connectivity index (χ0v) is 9.33. The van der Waals surface area contributed by atoms with Gasteiger partial charge in [-0.25, -0.2) is 4.39 Å². The third-order valence-corrected chi connectivity index (χ3v) is 3.26. The van der Waals surface area contributed by atoms with Gasteiger partial charge in [-0.1, -0.05) is 0 Å². The molecule has 0 atom stereocenters. The average molecular weight is 239 g/mol. The van der Waals surface area contributed by atoms with Gasteiger partial charge in [-0.3, -0.25) is 0 Å². The summed E-state index contributed by atoms with van der Waals surface area (Å²) in [6.07, 6.45) is 2.12. The van der Waals surface area contributed by atoms with Gasteiger partial charge in [-0.15, -0.1) is 0 Å². The number of nitrogens with two attached hydrogens (primary N) is 1. The first-order valence-electron chi connectivity index (χ1n) is 5.68. The molecule has 0 amide bonds. The lowest BCUT2D eigenvalue weighted by Crippen LogP contribution is -2.26. The molecule has 1 aromatic rings. The maximum absolute atomic E-state index is 13.9. The summed E-state index contributed by atoms with van der Waals surface area (Å²) in [4.78, 5) is 0. The topological polar surface area (TPSA) is 64.7 Å². The summed E-state index contributed by atoms with van der Waals surface area (Å²) in [6.45, 7) is 0.799. The van der Waals surface area contributed by atoms with Crippen LogP contribution in [0.15, 0.2) is 6.07 Å². The summed E-state index contributed by atoms with van der Waals surface area (Å²) in [5.41, 5.74) is 5.98. The van der Waals surface area contributed by atoms with E-state index < -0.39 is 11.6 Å². The molecular formula is C12H14FNO3. The molecule has 5 heteroatoms. The van der Waals surface area contributed by atoms with E-state index in [0.29, 0.717) is 36.7 Å². The molecule has 0 radical (unpaired) electrons. The normalized spacial score (nSPS) is 20.1. The van der Waals surface area contributed by atoms with E-state index >= 15 is 0 Å². The van der Waals surface area contributed by atoms with E-state index in [1.54, 1.807) is 0 Å². The maximum Gasteiger partial charge on any atom is 0.172 e. The number of phenols is 1. The van der Waals surface area contributed by atoms with Crippen molar-refractivity contribution in [2.45, 2.75) is 24.8 Å². The van der Waals surface area contributed by atoms with Crippen molar-refractivity contribution < 1.29 is 19.0 Å². The van der Waals surface area contributed by atoms with Crippen LogP contribution in [0.3, 0.4) is 0 Å². The van der Waals surface area contributed by atoms with Crippen LogP contribution in [-0.4, -0.2) is 23.9 Å². The molecule has 1 saturated carbocycles. The number of benzene rings is 1. The molecule has 2 aliphatic rings. The highest BCUT2D eigenvalue weighted by molar-refractivity contribution is 5.54. The molecule has 0 aromatic heterocycles. The Labute approximate surface area is 98.1 Å². The van der Waals surface area contributed by atoms with E-state index in [1.807, 2.05) is 0 Å². The van der Waals surface area contributed by atoms with Crippen LogP contribution in [0, 0.1) is 5.82 Å². The van der Waals surface area contributed by atoms with E-state index in [0.717, 1.165) is 12.8 Å². The van der Waals surface area contributed by atoms with Gasteiger partial charge in [0, 0.05) is 17.2 Å². The molecule has 1 fully saturated rings. The van der Waals surface area contributed by atoms with Crippen LogP contribution in [0.2, 0.25) is 0 Å². The molecule has 1 heterocycles. The zero-order valence-electron chi connectivity index (χ0n) is 9.33. The summed E-state index contributed by atoms with van der Waals surface area (Å²) < 4.78 is 24.7. The molecule has 4 nitrogen and oxygen atoms in total. The van der Waals surface area contributed by atoms with Crippen molar-refractivity contribution in [3.05, 3.63) is 17.4 Å². The van der Waals surface area contributed by atoms with Crippen molar-refractivity contribution in [3.63, 3.8) is 0 Å². The fourth-order valence-corrected chi connectivity index (χ4v) is 2.06. The maximum atomic E-state index is 13.9. The lowest BCUT2D eigenvalue weighted by molar-refractivity contribution is 0.167. The van der Waals surface area contributed by atoms with Crippen LogP contribution in [-0.2, 0) is 6.42 Å². The Morgan fingerprint density at radius 3 is 2.76 bits per heavy atom. The van der Waals surface area contributed by atoms with Crippen molar-refractivity contribution >= 4 is 0 Å². The van der Waals surface area contributed by atoms with Crippen molar-refractivity contribution in [1.82, 2.24) is 0 Å². The Balaban J connectivity index is 2.06. The molecule has 92 valence electrons. The summed E-state index contributed by atoms with van der Waals surface area (Å²) in [6, 6.07) is 1.25. The summed E-state index contributed by atoms with van der Waals surface area (Å²) in [7, 11) is 0. The number of halogens is 1. The fraction of sp³-hybridized carbons (Fsp3) is 0.500. The molecule has 1 aliphatic heterocycles. The van der Waals surface area contributed by atoms with Crippen LogP contribution < -0.4 is 15.2 Å². The second kappa shape index (κ2) is 3.50. The largest absolute Gasteiger partial charge is 0.505 e. The molecule has 17 heavy (non-hydrogen) atoms. The number of aromatic hydroxyl groups is 1. The summed E-state index contributed by atoms with van der Waals surface area (Å²) in [5, 5.41) is 9.52. The second-order valence-corrected chi connectivity index (χ2v) is 4.75. The molecule has 0 bridgehead atoms. The first-order chi connectivity index (χ1) is 8.09. The Hall–Kier alpha value is -1.49. The predicted molar refractivity (Wildman–Crippen MR) is 58.9 cm³/mol. The van der Waals surface area contributed by atoms with E-state index in [9.17, 15) is 9.50 Å². The zero-order chi connectivity index (χ0) is 12.0. The van der Waals surface area contributed by atoms with Crippen LogP contribution in [0.25, 0.3) is 0 Å². The molecule has 0 spiro atoms. The lowest BCUT2D eigenvalue weighted by Gasteiger charge is -2.23. The fourth-order valence-electron chi connectivity index (χ4n) is 2.06. The first-order valence-corrected chi connectivity index (χ1v) is 5.68. The Kier molecular flexibility index (Phi) is 2.19. The van der Waals surface area contributed by atoms with Crippen LogP contribution in [0.5, 0.6) is 17.2 Å². The molecule has 0 saturated heterocycles. The van der Waals surface area contributed by atoms with Gasteiger partial charge in [0.05, 0.1) is 0 Å². The third kappa shape index (κ3) is 1.80. The smallest absolute Gasteiger partial charge is 0.172 e. The van der Waals surface area contributed by atoms with Gasteiger partial charge >= 0.3 is 0 Å². The quantitative estimate of drug-likeness (QED) is 0.817. The standard InChI is InChI=1S/C12H14FNO3/c13-10-7(6-12(14)1-2-12)11-9(5-8(10)15)16-3-4-17-11/h5,15H,1-4,6,14H2. The first kappa shape index (κ1) is 10.7. The Morgan fingerprint density at radius 1 is 1.35 bits per heavy atom. The number of rotatable bonds is 2. The monoisotopic (exact) mass is 239 g/mol. The van der Waals surface area contributed by atoms with Crippen molar-refractivity contribution in [2.24, 2.45) is 5.73 Å². The second-order valence-electron chi connectivity index (χ2n) is 4.75. The number of phenolic OH excluding ortho intramolecular Hbond substituents is 1. The highest BCUT2D eigenvalue weighted by Crippen LogP contribution is 2.45. The molecule has 3 rings (SSSR count). The van der Waals surface area contributed by atoms with Crippen LogP contribution in [0.1, 0.15) is 18.4 Å². The van der Waals surface area contributed by atoms with Crippen LogP contribution >= 0.6 is 0 Å². The predicted octanol–water partition coefficient (Wildman–Crippen LogP) is 1.34. The number of ether oxygens (including phenoxy) is 2. The SMILES string of the molecule is NC1(Cc2c(F)c(O)cc3c2OCCO3)CC1. The van der Waals surface area contributed by atoms with Crippen molar-refractivity contribution in [2.75, 3.05) is 13.2 Å². The molecule has 1 aromatic carbocycles. The number of hydrogen-bond donors (Lipinski definition) is 2. The third-order valence-electron chi connectivity index (χ3n) is 3.26. The lowest BCUT2D eigenvalue weighted by atomic mass is 10.0. The van der Waals surface area contributed by atoms with Gasteiger partial charge in [0.25, 0.3) is 0 Å². The van der Waals surface area contributed by atoms with E-state index in [4.69, 9.17) is 15.2 Å². The molecular weight excluding hydrogens is 225 g/mol. The summed E-state index contributed by atoms with van der Waals surface area (Å²) >= 11 is 0. The van der Waals surface area contributed by atoms with Crippen molar-refractivity contribution in [1.29, 1.82) is 0 Å². The van der Waals surface area contributed by atoms with Crippen molar-refractivity contribution in [3.8, 4) is 17.2 Å². The summed E-state index contributed by atoms with van der Waals surface area (Å²) in [5.74, 6) is -0.267. The van der Waals surface area contributed by atoms with Gasteiger partial charge < -0.3 is 20.3 Å². The molecule has 1 aliphatic carbocycles. The van der Waals surface area contributed by atoms with Gasteiger partial charge in [-0.05, 0) is 19.3 Å². The minimum atomic E-state index is -0.647. The van der Waals surface area contributed by atoms with E-state index in [2.05, 4.69) is 0 Å². The highest BCUT2D eigenvalue weighted by Gasteiger charge is 2.40. The van der Waals surface area contributed by atoms with E-state index in [1.165, 1.54) is 6.07 Å². The number of hydrogen-bond acceptors (Lipinski definition) is 4. The minimum Gasteiger partial charge on any atom is -0.505 e. The van der Waals surface area contributed by atoms with Gasteiger partial charge in [0.15, 0.2) is 23.1 Å². The van der Waals surface area contributed by atoms with E-state index in [-0.39, 0.29) is 5.54 Å². The van der Waals surface area contributed by atoms with Gasteiger partial charge in [-0.2, -0.15) is 0 Å². The molecule has 3 N–H and O–H groups in total. The average Bonchev–Trinajstić information content (AvgIpc) is 3.03. The van der Waals surface area contributed by atoms with Gasteiger partial charge in [0.2, 0.25) is 0 Å². The molecule has 0 unspecified atom stereocenters. The Morgan fingerprint density at radius 2 is 2.06 bits per heavy atom. The Bertz CT molecular complexity index is 471.